The summed E-state index contributed by atoms with van der Waals surface area (Å²) in [5.41, 5.74) is 3.76. The Morgan fingerprint density at radius 3 is 2.78 bits per heavy atom. The molecule has 1 atom stereocenters. The molecule has 32 heavy (non-hydrogen) atoms. The van der Waals surface area contributed by atoms with Crippen molar-refractivity contribution in [1.82, 2.24) is 14.5 Å². The summed E-state index contributed by atoms with van der Waals surface area (Å²) in [6, 6.07) is 17.5. The van der Waals surface area contributed by atoms with Crippen molar-refractivity contribution >= 4 is 23.2 Å². The molecular formula is C25H26ClN5O. The Balaban J connectivity index is 1.46. The molecule has 2 aromatic carbocycles. The molecule has 0 spiro atoms. The van der Waals surface area contributed by atoms with Gasteiger partial charge in [0, 0.05) is 49.5 Å². The largest absolute Gasteiger partial charge is 0.329 e. The number of benzene rings is 2. The lowest BCUT2D eigenvalue weighted by atomic mass is 10.1. The number of hydrogen-bond acceptors (Lipinski definition) is 4. The van der Waals surface area contributed by atoms with Gasteiger partial charge in [-0.3, -0.25) is 9.69 Å². The van der Waals surface area contributed by atoms with E-state index in [1.165, 1.54) is 0 Å². The zero-order valence-electron chi connectivity index (χ0n) is 18.1. The molecule has 0 N–H and O–H groups in total. The number of halogens is 1. The van der Waals surface area contributed by atoms with Crippen LogP contribution in [0.4, 0.5) is 5.69 Å². The van der Waals surface area contributed by atoms with E-state index in [1.54, 1.807) is 6.92 Å². The zero-order valence-corrected chi connectivity index (χ0v) is 18.9. The molecular weight excluding hydrogens is 422 g/mol. The molecule has 6 nitrogen and oxygen atoms in total. The van der Waals surface area contributed by atoms with Crippen LogP contribution in [0.3, 0.4) is 0 Å². The summed E-state index contributed by atoms with van der Waals surface area (Å²) in [5.74, 6) is 0.0185. The standard InChI is InChI=1S/C25H26ClN5O/c1-19(32)31(23-5-2-4-22(26)12-23)17-24-6-3-11-29(24)16-25-14-28-18-30(25)15-21-9-7-20(13-27)8-10-21/h2,4-5,7-10,12,14,18,24H,3,6,11,15-17H2,1H3/t24-/m0/s1. The van der Waals surface area contributed by atoms with E-state index in [0.717, 1.165) is 42.9 Å². The predicted octanol–water partition coefficient (Wildman–Crippen LogP) is 4.47. The van der Waals surface area contributed by atoms with Crippen molar-refractivity contribution < 1.29 is 4.79 Å². The van der Waals surface area contributed by atoms with E-state index in [2.05, 4.69) is 20.5 Å². The SMILES string of the molecule is CC(=O)N(C[C@@H]1CCCN1Cc1cncn1Cc1ccc(C#N)cc1)c1cccc(Cl)c1. The van der Waals surface area contributed by atoms with Gasteiger partial charge in [0.1, 0.15) is 0 Å². The van der Waals surface area contributed by atoms with Crippen LogP contribution in [-0.2, 0) is 17.9 Å². The second-order valence-electron chi connectivity index (χ2n) is 8.20. The Labute approximate surface area is 193 Å². The smallest absolute Gasteiger partial charge is 0.223 e. The number of likely N-dealkylation sites (tertiary alicyclic amines) is 1. The first-order valence-electron chi connectivity index (χ1n) is 10.8. The Hall–Kier alpha value is -3.14. The van der Waals surface area contributed by atoms with Gasteiger partial charge in [-0.25, -0.2) is 4.98 Å². The van der Waals surface area contributed by atoms with Gasteiger partial charge < -0.3 is 9.47 Å². The van der Waals surface area contributed by atoms with Crippen LogP contribution in [-0.4, -0.2) is 39.5 Å². The van der Waals surface area contributed by atoms with E-state index in [9.17, 15) is 4.79 Å². The molecule has 0 saturated carbocycles. The minimum Gasteiger partial charge on any atom is -0.329 e. The number of aromatic nitrogens is 2. The number of rotatable bonds is 7. The number of carbonyl (C=O) groups excluding carboxylic acids is 1. The maximum Gasteiger partial charge on any atom is 0.223 e. The second-order valence-corrected chi connectivity index (χ2v) is 8.63. The van der Waals surface area contributed by atoms with Crippen molar-refractivity contribution in [3.63, 3.8) is 0 Å². The molecule has 7 heteroatoms. The highest BCUT2D eigenvalue weighted by atomic mass is 35.5. The van der Waals surface area contributed by atoms with Gasteiger partial charge in [0.05, 0.1) is 23.7 Å². The highest BCUT2D eigenvalue weighted by Gasteiger charge is 2.28. The van der Waals surface area contributed by atoms with E-state index in [4.69, 9.17) is 16.9 Å². The normalized spacial score (nSPS) is 16.1. The molecule has 1 aliphatic rings. The van der Waals surface area contributed by atoms with Gasteiger partial charge in [-0.15, -0.1) is 0 Å². The fourth-order valence-electron chi connectivity index (χ4n) is 4.29. The fourth-order valence-corrected chi connectivity index (χ4v) is 4.48. The number of imidazole rings is 1. The maximum atomic E-state index is 12.4. The third-order valence-electron chi connectivity index (χ3n) is 5.99. The number of hydrogen-bond donors (Lipinski definition) is 0. The Morgan fingerprint density at radius 1 is 1.25 bits per heavy atom. The van der Waals surface area contributed by atoms with Gasteiger partial charge in [-0.2, -0.15) is 5.26 Å². The van der Waals surface area contributed by atoms with Gasteiger partial charge in [0.25, 0.3) is 0 Å². The van der Waals surface area contributed by atoms with Crippen molar-refractivity contribution in [2.45, 2.75) is 38.9 Å². The first-order chi connectivity index (χ1) is 15.5. The van der Waals surface area contributed by atoms with Crippen LogP contribution in [0.15, 0.2) is 61.1 Å². The van der Waals surface area contributed by atoms with E-state index in [0.29, 0.717) is 23.7 Å². The molecule has 0 unspecified atom stereocenters. The number of carbonyl (C=O) groups is 1. The van der Waals surface area contributed by atoms with Crippen molar-refractivity contribution in [2.24, 2.45) is 0 Å². The highest BCUT2D eigenvalue weighted by Crippen LogP contribution is 2.25. The van der Waals surface area contributed by atoms with Crippen LogP contribution in [0.1, 0.15) is 36.6 Å². The molecule has 1 aliphatic heterocycles. The molecule has 0 bridgehead atoms. The minimum absolute atomic E-state index is 0.0185. The summed E-state index contributed by atoms with van der Waals surface area (Å²) >= 11 is 6.16. The average Bonchev–Trinajstić information content (AvgIpc) is 3.42. The Morgan fingerprint density at radius 2 is 2.06 bits per heavy atom. The molecule has 0 radical (unpaired) electrons. The van der Waals surface area contributed by atoms with Gasteiger partial charge in [-0.05, 0) is 55.3 Å². The van der Waals surface area contributed by atoms with Crippen molar-refractivity contribution in [1.29, 1.82) is 5.26 Å². The maximum absolute atomic E-state index is 12.4. The Kier molecular flexibility index (Phi) is 6.89. The molecule has 4 rings (SSSR count). The number of amides is 1. The quantitative estimate of drug-likeness (QED) is 0.535. The van der Waals surface area contributed by atoms with Crippen LogP contribution < -0.4 is 4.90 Å². The van der Waals surface area contributed by atoms with Crippen LogP contribution in [0, 0.1) is 11.3 Å². The molecule has 3 aromatic rings. The molecule has 1 amide bonds. The van der Waals surface area contributed by atoms with E-state index in [1.807, 2.05) is 66.0 Å². The van der Waals surface area contributed by atoms with Gasteiger partial charge in [0.15, 0.2) is 0 Å². The van der Waals surface area contributed by atoms with Crippen molar-refractivity contribution in [2.75, 3.05) is 18.0 Å². The predicted molar refractivity (Wildman–Crippen MR) is 125 cm³/mol. The monoisotopic (exact) mass is 447 g/mol. The first kappa shape index (κ1) is 22.1. The van der Waals surface area contributed by atoms with Crippen molar-refractivity contribution in [3.05, 3.63) is 82.9 Å². The topological polar surface area (TPSA) is 65.2 Å². The second kappa shape index (κ2) is 9.99. The molecule has 1 aromatic heterocycles. The third-order valence-corrected chi connectivity index (χ3v) is 6.23. The van der Waals surface area contributed by atoms with Crippen LogP contribution >= 0.6 is 11.6 Å². The van der Waals surface area contributed by atoms with Crippen LogP contribution in [0.5, 0.6) is 0 Å². The average molecular weight is 448 g/mol. The summed E-state index contributed by atoms with van der Waals surface area (Å²) in [7, 11) is 0. The van der Waals surface area contributed by atoms with Gasteiger partial charge in [0.2, 0.25) is 5.91 Å². The minimum atomic E-state index is 0.0185. The highest BCUT2D eigenvalue weighted by molar-refractivity contribution is 6.30. The third kappa shape index (κ3) is 5.18. The summed E-state index contributed by atoms with van der Waals surface area (Å²) in [6.07, 6.45) is 5.93. The van der Waals surface area contributed by atoms with Gasteiger partial charge in [-0.1, -0.05) is 29.8 Å². The van der Waals surface area contributed by atoms with Crippen molar-refractivity contribution in [3.8, 4) is 6.07 Å². The van der Waals surface area contributed by atoms with E-state index >= 15 is 0 Å². The molecule has 2 heterocycles. The molecule has 1 fully saturated rings. The summed E-state index contributed by atoms with van der Waals surface area (Å²) < 4.78 is 2.15. The lowest BCUT2D eigenvalue weighted by Gasteiger charge is -2.30. The van der Waals surface area contributed by atoms with E-state index in [-0.39, 0.29) is 11.9 Å². The number of anilines is 1. The van der Waals surface area contributed by atoms with E-state index < -0.39 is 0 Å². The summed E-state index contributed by atoms with van der Waals surface area (Å²) in [6.45, 7) is 4.73. The summed E-state index contributed by atoms with van der Waals surface area (Å²) in [5, 5.41) is 9.62. The zero-order chi connectivity index (χ0) is 22.5. The van der Waals surface area contributed by atoms with Gasteiger partial charge >= 0.3 is 0 Å². The molecule has 0 aliphatic carbocycles. The first-order valence-corrected chi connectivity index (χ1v) is 11.2. The number of nitriles is 1. The fraction of sp³-hybridized carbons (Fsp3) is 0.320. The lowest BCUT2D eigenvalue weighted by Crippen LogP contribution is -2.42. The molecule has 1 saturated heterocycles. The van der Waals surface area contributed by atoms with Crippen LogP contribution in [0.2, 0.25) is 5.02 Å². The van der Waals surface area contributed by atoms with Crippen LogP contribution in [0.25, 0.3) is 0 Å². The molecule has 164 valence electrons. The Bertz CT molecular complexity index is 1120. The number of nitrogens with zero attached hydrogens (tertiary/aromatic N) is 5. The lowest BCUT2D eigenvalue weighted by molar-refractivity contribution is -0.116. The summed E-state index contributed by atoms with van der Waals surface area (Å²) in [4.78, 5) is 21.0.